The first-order chi connectivity index (χ1) is 15.8. The number of carbonyl (C=O) groups excluding carboxylic acids is 1. The summed E-state index contributed by atoms with van der Waals surface area (Å²) in [6.07, 6.45) is -4.29. The molecule has 0 radical (unpaired) electrons. The van der Waals surface area contributed by atoms with Crippen molar-refractivity contribution >= 4 is 27.8 Å². The van der Waals surface area contributed by atoms with E-state index in [1.807, 2.05) is 0 Å². The standard InChI is InChI=1S/C21H22F3N3O6S/c1-13-3-5-16(9-14(13)10-19(28)29)34(31,32)26-7-8-27(17(12-26)20(30)33-2)18-6-4-15(11-25-18)21(22,23)24/h3-6,9,11,17H,7-8,10,12H2,1-2H3,(H,28,29)/t17-/m0/s1. The monoisotopic (exact) mass is 501 g/mol. The number of anilines is 1. The second-order valence-corrected chi connectivity index (χ2v) is 9.59. The maximum atomic E-state index is 13.3. The molecule has 0 saturated carbocycles. The topological polar surface area (TPSA) is 117 Å². The number of hydrogen-bond acceptors (Lipinski definition) is 7. The Labute approximate surface area is 193 Å². The number of aliphatic carboxylic acids is 1. The molecule has 1 saturated heterocycles. The van der Waals surface area contributed by atoms with E-state index in [0.29, 0.717) is 17.3 Å². The fourth-order valence-corrected chi connectivity index (χ4v) is 5.11. The molecule has 0 spiro atoms. The zero-order valence-corrected chi connectivity index (χ0v) is 19.1. The molecule has 34 heavy (non-hydrogen) atoms. The Morgan fingerprint density at radius 2 is 1.91 bits per heavy atom. The number of benzene rings is 1. The summed E-state index contributed by atoms with van der Waals surface area (Å²) in [7, 11) is -2.99. The highest BCUT2D eigenvalue weighted by Crippen LogP contribution is 2.31. The van der Waals surface area contributed by atoms with Gasteiger partial charge in [0, 0.05) is 25.8 Å². The number of halogens is 3. The fourth-order valence-electron chi connectivity index (χ4n) is 3.62. The van der Waals surface area contributed by atoms with Gasteiger partial charge < -0.3 is 14.7 Å². The lowest BCUT2D eigenvalue weighted by atomic mass is 10.1. The van der Waals surface area contributed by atoms with Crippen LogP contribution in [0.25, 0.3) is 0 Å². The number of carboxylic acids is 1. The molecule has 2 aromatic rings. The molecule has 9 nitrogen and oxygen atoms in total. The minimum Gasteiger partial charge on any atom is -0.481 e. The van der Waals surface area contributed by atoms with Crippen LogP contribution in [0.4, 0.5) is 19.0 Å². The number of methoxy groups -OCH3 is 1. The van der Waals surface area contributed by atoms with Crippen molar-refractivity contribution in [3.63, 3.8) is 0 Å². The third-order valence-corrected chi connectivity index (χ3v) is 7.35. The summed E-state index contributed by atoms with van der Waals surface area (Å²) in [5.74, 6) is -1.82. The number of rotatable bonds is 6. The summed E-state index contributed by atoms with van der Waals surface area (Å²) in [6, 6.07) is 4.94. The Morgan fingerprint density at radius 1 is 1.21 bits per heavy atom. The summed E-state index contributed by atoms with van der Waals surface area (Å²) in [5.41, 5.74) is 0.00119. The first-order valence-electron chi connectivity index (χ1n) is 10.0. The van der Waals surface area contributed by atoms with Crippen LogP contribution in [0, 0.1) is 6.92 Å². The van der Waals surface area contributed by atoms with Gasteiger partial charge in [0.2, 0.25) is 10.0 Å². The molecule has 2 heterocycles. The number of piperazine rings is 1. The number of aromatic nitrogens is 1. The lowest BCUT2D eigenvalue weighted by Crippen LogP contribution is -2.58. The van der Waals surface area contributed by atoms with Crippen molar-refractivity contribution in [3.8, 4) is 0 Å². The van der Waals surface area contributed by atoms with E-state index in [-0.39, 0.29) is 36.8 Å². The van der Waals surface area contributed by atoms with Gasteiger partial charge in [-0.1, -0.05) is 6.07 Å². The van der Waals surface area contributed by atoms with E-state index in [1.165, 1.54) is 23.1 Å². The number of aryl methyl sites for hydroxylation is 1. The number of carbonyl (C=O) groups is 2. The smallest absolute Gasteiger partial charge is 0.417 e. The van der Waals surface area contributed by atoms with E-state index in [4.69, 9.17) is 9.84 Å². The fraction of sp³-hybridized carbons (Fsp3) is 0.381. The Kier molecular flexibility index (Phi) is 7.17. The molecule has 1 atom stereocenters. The average Bonchev–Trinajstić information content (AvgIpc) is 2.78. The molecule has 3 rings (SSSR count). The summed E-state index contributed by atoms with van der Waals surface area (Å²) in [5, 5.41) is 9.07. The number of ether oxygens (including phenoxy) is 1. The SMILES string of the molecule is COC(=O)[C@@H]1CN(S(=O)(=O)c2ccc(C)c(CC(=O)O)c2)CCN1c1ccc(C(F)(F)F)cn1. The molecule has 1 aliphatic rings. The van der Waals surface area contributed by atoms with Crippen LogP contribution in [-0.2, 0) is 36.9 Å². The van der Waals surface area contributed by atoms with E-state index in [0.717, 1.165) is 23.5 Å². The Morgan fingerprint density at radius 3 is 2.47 bits per heavy atom. The second-order valence-electron chi connectivity index (χ2n) is 7.66. The van der Waals surface area contributed by atoms with Gasteiger partial charge >= 0.3 is 18.1 Å². The molecule has 184 valence electrons. The molecule has 1 aromatic carbocycles. The molecule has 0 unspecified atom stereocenters. The summed E-state index contributed by atoms with van der Waals surface area (Å²) in [6.45, 7) is 1.21. The van der Waals surface area contributed by atoms with Crippen molar-refractivity contribution in [1.82, 2.24) is 9.29 Å². The lowest BCUT2D eigenvalue weighted by Gasteiger charge is -2.39. The Bertz CT molecular complexity index is 1190. The van der Waals surface area contributed by atoms with Crippen LogP contribution in [0.2, 0.25) is 0 Å². The van der Waals surface area contributed by atoms with Crippen LogP contribution in [0.3, 0.4) is 0 Å². The van der Waals surface area contributed by atoms with Crippen LogP contribution in [-0.4, -0.2) is 67.5 Å². The molecule has 0 aliphatic carbocycles. The van der Waals surface area contributed by atoms with Gasteiger partial charge in [-0.25, -0.2) is 18.2 Å². The highest BCUT2D eigenvalue weighted by Gasteiger charge is 2.39. The molecule has 0 amide bonds. The predicted octanol–water partition coefficient (Wildman–Crippen LogP) is 2.09. The first kappa shape index (κ1) is 25.4. The normalized spacial score (nSPS) is 17.4. The third kappa shape index (κ3) is 5.30. The van der Waals surface area contributed by atoms with E-state index >= 15 is 0 Å². The van der Waals surface area contributed by atoms with Crippen molar-refractivity contribution in [2.75, 3.05) is 31.6 Å². The van der Waals surface area contributed by atoms with E-state index in [1.54, 1.807) is 6.92 Å². The zero-order chi connectivity index (χ0) is 25.3. The molecule has 1 N–H and O–H groups in total. The second kappa shape index (κ2) is 9.58. The number of hydrogen-bond donors (Lipinski definition) is 1. The van der Waals surface area contributed by atoms with Crippen molar-refractivity contribution < 1.29 is 41.0 Å². The van der Waals surface area contributed by atoms with Gasteiger partial charge in [0.25, 0.3) is 0 Å². The van der Waals surface area contributed by atoms with Gasteiger partial charge in [0.15, 0.2) is 0 Å². The molecule has 13 heteroatoms. The number of esters is 1. The van der Waals surface area contributed by atoms with Crippen molar-refractivity contribution in [1.29, 1.82) is 0 Å². The van der Waals surface area contributed by atoms with Gasteiger partial charge in [-0.05, 0) is 42.3 Å². The van der Waals surface area contributed by atoms with Crippen molar-refractivity contribution in [2.24, 2.45) is 0 Å². The maximum Gasteiger partial charge on any atom is 0.417 e. The largest absolute Gasteiger partial charge is 0.481 e. The number of alkyl halides is 3. The minimum absolute atomic E-state index is 0.0365. The van der Waals surface area contributed by atoms with Crippen LogP contribution < -0.4 is 4.90 Å². The first-order valence-corrected chi connectivity index (χ1v) is 11.5. The lowest BCUT2D eigenvalue weighted by molar-refractivity contribution is -0.143. The summed E-state index contributed by atoms with van der Waals surface area (Å²) >= 11 is 0. The minimum atomic E-state index is -4.58. The Hall–Kier alpha value is -3.19. The van der Waals surface area contributed by atoms with Gasteiger partial charge in [-0.3, -0.25) is 4.79 Å². The molecule has 1 fully saturated rings. The van der Waals surface area contributed by atoms with E-state index in [2.05, 4.69) is 4.98 Å². The van der Waals surface area contributed by atoms with Gasteiger partial charge in [0.05, 0.1) is 24.0 Å². The average molecular weight is 501 g/mol. The van der Waals surface area contributed by atoms with E-state index in [9.17, 15) is 31.2 Å². The quantitative estimate of drug-likeness (QED) is 0.598. The number of nitrogens with zero attached hydrogens (tertiary/aromatic N) is 3. The van der Waals surface area contributed by atoms with Crippen LogP contribution >= 0.6 is 0 Å². The zero-order valence-electron chi connectivity index (χ0n) is 18.2. The summed E-state index contributed by atoms with van der Waals surface area (Å²) < 4.78 is 70.9. The predicted molar refractivity (Wildman–Crippen MR) is 114 cm³/mol. The van der Waals surface area contributed by atoms with Crippen molar-refractivity contribution in [3.05, 3.63) is 53.2 Å². The van der Waals surface area contributed by atoms with Gasteiger partial charge in [-0.2, -0.15) is 17.5 Å². The van der Waals surface area contributed by atoms with Gasteiger partial charge in [-0.15, -0.1) is 0 Å². The van der Waals surface area contributed by atoms with E-state index < -0.39 is 39.7 Å². The van der Waals surface area contributed by atoms with Crippen LogP contribution in [0.5, 0.6) is 0 Å². The van der Waals surface area contributed by atoms with Crippen molar-refractivity contribution in [2.45, 2.75) is 30.5 Å². The highest BCUT2D eigenvalue weighted by atomic mass is 32.2. The van der Waals surface area contributed by atoms with Gasteiger partial charge in [0.1, 0.15) is 11.9 Å². The molecule has 0 bridgehead atoms. The molecular weight excluding hydrogens is 479 g/mol. The number of sulfonamides is 1. The molecule has 1 aromatic heterocycles. The number of pyridine rings is 1. The highest BCUT2D eigenvalue weighted by molar-refractivity contribution is 7.89. The third-order valence-electron chi connectivity index (χ3n) is 5.49. The maximum absolute atomic E-state index is 13.3. The summed E-state index contributed by atoms with van der Waals surface area (Å²) in [4.78, 5) is 28.6. The van der Waals surface area contributed by atoms with Crippen LogP contribution in [0.1, 0.15) is 16.7 Å². The van der Waals surface area contributed by atoms with Crippen LogP contribution in [0.15, 0.2) is 41.4 Å². The Balaban J connectivity index is 1.89. The molecular formula is C21H22F3N3O6S. The molecule has 1 aliphatic heterocycles. The number of carboxylic acid groups (broad SMARTS) is 1.